The van der Waals surface area contributed by atoms with Crippen LogP contribution in [0.15, 0.2) is 30.3 Å². The molecule has 0 saturated heterocycles. The van der Waals surface area contributed by atoms with E-state index in [-0.39, 0.29) is 12.5 Å². The number of aliphatic hydroxyl groups is 1. The van der Waals surface area contributed by atoms with Crippen molar-refractivity contribution in [1.82, 2.24) is 0 Å². The summed E-state index contributed by atoms with van der Waals surface area (Å²) in [5, 5.41) is 20.4. The first-order valence-electron chi connectivity index (χ1n) is 6.47. The molecule has 1 aromatic rings. The minimum Gasteiger partial charge on any atom is -0.386 e. The third-order valence-electron chi connectivity index (χ3n) is 3.15. The Balaban J connectivity index is 2.62. The second-order valence-corrected chi connectivity index (χ2v) is 4.67. The topological polar surface area (TPSA) is 63.4 Å². The van der Waals surface area contributed by atoms with E-state index in [1.807, 2.05) is 30.3 Å². The molecule has 0 aromatic heterocycles. The molecular formula is C14H21NO3. The highest BCUT2D eigenvalue weighted by molar-refractivity contribution is 5.15. The lowest BCUT2D eigenvalue weighted by atomic mass is 9.89. The molecule has 4 heteroatoms. The molecule has 0 aliphatic rings. The summed E-state index contributed by atoms with van der Waals surface area (Å²) >= 11 is 0. The molecule has 1 aromatic carbocycles. The average Bonchev–Trinajstić information content (AvgIpc) is 2.34. The Hall–Kier alpha value is -1.42. The predicted molar refractivity (Wildman–Crippen MR) is 71.0 cm³/mol. The second kappa shape index (κ2) is 7.82. The van der Waals surface area contributed by atoms with Crippen molar-refractivity contribution in [3.8, 4) is 0 Å². The standard InChI is InChI=1S/C14H21NO3/c1-2-3-9-13(14(16)11-15(17)18)10-12-7-5-4-6-8-12/h4-8,13-14,16H,2-3,9-11H2,1H3. The van der Waals surface area contributed by atoms with Crippen LogP contribution in [0.5, 0.6) is 0 Å². The van der Waals surface area contributed by atoms with E-state index in [0.29, 0.717) is 6.42 Å². The smallest absolute Gasteiger partial charge is 0.229 e. The van der Waals surface area contributed by atoms with Crippen LogP contribution in [0.25, 0.3) is 0 Å². The molecule has 0 bridgehead atoms. The van der Waals surface area contributed by atoms with Crippen molar-refractivity contribution in [2.24, 2.45) is 5.92 Å². The van der Waals surface area contributed by atoms with Crippen LogP contribution in [-0.2, 0) is 6.42 Å². The first kappa shape index (κ1) is 14.6. The Morgan fingerprint density at radius 2 is 2.00 bits per heavy atom. The van der Waals surface area contributed by atoms with E-state index < -0.39 is 11.0 Å². The van der Waals surface area contributed by atoms with Gasteiger partial charge in [-0.25, -0.2) is 0 Å². The Morgan fingerprint density at radius 1 is 1.33 bits per heavy atom. The van der Waals surface area contributed by atoms with Crippen LogP contribution in [0.3, 0.4) is 0 Å². The molecule has 1 N–H and O–H groups in total. The molecule has 0 aliphatic carbocycles. The number of aliphatic hydroxyl groups excluding tert-OH is 1. The Labute approximate surface area is 108 Å². The SMILES string of the molecule is CCCCC(Cc1ccccc1)C(O)C[N+](=O)[O-]. The molecule has 4 nitrogen and oxygen atoms in total. The Bertz CT molecular complexity index is 353. The van der Waals surface area contributed by atoms with Crippen molar-refractivity contribution in [2.75, 3.05) is 6.54 Å². The van der Waals surface area contributed by atoms with E-state index in [0.717, 1.165) is 24.8 Å². The van der Waals surface area contributed by atoms with Gasteiger partial charge in [-0.2, -0.15) is 0 Å². The number of hydrogen-bond acceptors (Lipinski definition) is 3. The van der Waals surface area contributed by atoms with Crippen LogP contribution < -0.4 is 0 Å². The molecule has 18 heavy (non-hydrogen) atoms. The highest BCUT2D eigenvalue weighted by Crippen LogP contribution is 2.19. The van der Waals surface area contributed by atoms with Crippen molar-refractivity contribution < 1.29 is 10.0 Å². The fourth-order valence-corrected chi connectivity index (χ4v) is 2.12. The summed E-state index contributed by atoms with van der Waals surface area (Å²) < 4.78 is 0. The van der Waals surface area contributed by atoms with Gasteiger partial charge in [-0.05, 0) is 24.3 Å². The summed E-state index contributed by atoms with van der Waals surface area (Å²) in [5.74, 6) is -0.0299. The van der Waals surface area contributed by atoms with Crippen LogP contribution in [-0.4, -0.2) is 22.7 Å². The normalized spacial score (nSPS) is 14.1. The zero-order chi connectivity index (χ0) is 13.4. The van der Waals surface area contributed by atoms with Crippen LogP contribution in [0.1, 0.15) is 31.7 Å². The van der Waals surface area contributed by atoms with Gasteiger partial charge in [0.15, 0.2) is 0 Å². The molecule has 0 spiro atoms. The van der Waals surface area contributed by atoms with Crippen LogP contribution >= 0.6 is 0 Å². The van der Waals surface area contributed by atoms with Gasteiger partial charge in [-0.3, -0.25) is 10.1 Å². The maximum Gasteiger partial charge on any atom is 0.229 e. The summed E-state index contributed by atoms with van der Waals surface area (Å²) in [7, 11) is 0. The van der Waals surface area contributed by atoms with Gasteiger partial charge >= 0.3 is 0 Å². The van der Waals surface area contributed by atoms with Crippen molar-refractivity contribution >= 4 is 0 Å². The summed E-state index contributed by atoms with van der Waals surface area (Å²) in [6, 6.07) is 9.84. The zero-order valence-corrected chi connectivity index (χ0v) is 10.8. The van der Waals surface area contributed by atoms with Gasteiger partial charge < -0.3 is 5.11 Å². The molecule has 2 atom stereocenters. The lowest BCUT2D eigenvalue weighted by molar-refractivity contribution is -0.492. The quantitative estimate of drug-likeness (QED) is 0.570. The molecule has 0 saturated carbocycles. The number of nitro groups is 1. The number of nitrogens with zero attached hydrogens (tertiary/aromatic N) is 1. The van der Waals surface area contributed by atoms with E-state index in [1.54, 1.807) is 0 Å². The molecule has 2 unspecified atom stereocenters. The molecule has 1 rings (SSSR count). The van der Waals surface area contributed by atoms with Crippen LogP contribution in [0.4, 0.5) is 0 Å². The lowest BCUT2D eigenvalue weighted by Crippen LogP contribution is -2.30. The maximum atomic E-state index is 10.5. The number of rotatable bonds is 8. The Kier molecular flexibility index (Phi) is 6.36. The van der Waals surface area contributed by atoms with Gasteiger partial charge in [0.05, 0.1) is 0 Å². The zero-order valence-electron chi connectivity index (χ0n) is 10.8. The number of hydrogen-bond donors (Lipinski definition) is 1. The van der Waals surface area contributed by atoms with Crippen LogP contribution in [0.2, 0.25) is 0 Å². The first-order chi connectivity index (χ1) is 8.63. The monoisotopic (exact) mass is 251 g/mol. The maximum absolute atomic E-state index is 10.5. The van der Waals surface area contributed by atoms with Gasteiger partial charge in [0.25, 0.3) is 0 Å². The lowest BCUT2D eigenvalue weighted by Gasteiger charge is -2.20. The van der Waals surface area contributed by atoms with Crippen molar-refractivity contribution in [3.63, 3.8) is 0 Å². The largest absolute Gasteiger partial charge is 0.386 e. The Morgan fingerprint density at radius 3 is 2.56 bits per heavy atom. The van der Waals surface area contributed by atoms with Crippen LogP contribution in [0, 0.1) is 16.0 Å². The van der Waals surface area contributed by atoms with E-state index in [1.165, 1.54) is 0 Å². The highest BCUT2D eigenvalue weighted by atomic mass is 16.6. The third kappa shape index (κ3) is 5.27. The highest BCUT2D eigenvalue weighted by Gasteiger charge is 2.23. The average molecular weight is 251 g/mol. The summed E-state index contributed by atoms with van der Waals surface area (Å²) in [5.41, 5.74) is 1.13. The molecule has 0 amide bonds. The van der Waals surface area contributed by atoms with Gasteiger partial charge in [0.2, 0.25) is 6.54 Å². The first-order valence-corrected chi connectivity index (χ1v) is 6.47. The molecule has 0 heterocycles. The number of benzene rings is 1. The fourth-order valence-electron chi connectivity index (χ4n) is 2.12. The fraction of sp³-hybridized carbons (Fsp3) is 0.571. The number of unbranched alkanes of at least 4 members (excludes halogenated alkanes) is 1. The van der Waals surface area contributed by atoms with E-state index in [2.05, 4.69) is 6.92 Å². The third-order valence-corrected chi connectivity index (χ3v) is 3.15. The van der Waals surface area contributed by atoms with Gasteiger partial charge in [-0.15, -0.1) is 0 Å². The summed E-state index contributed by atoms with van der Waals surface area (Å²) in [4.78, 5) is 10.1. The van der Waals surface area contributed by atoms with E-state index in [9.17, 15) is 15.2 Å². The minimum atomic E-state index is -0.855. The predicted octanol–water partition coefficient (Wildman–Crippen LogP) is 2.67. The van der Waals surface area contributed by atoms with Crippen molar-refractivity contribution in [2.45, 2.75) is 38.7 Å². The van der Waals surface area contributed by atoms with Gasteiger partial charge in [0, 0.05) is 4.92 Å². The van der Waals surface area contributed by atoms with Crippen molar-refractivity contribution in [3.05, 3.63) is 46.0 Å². The van der Waals surface area contributed by atoms with E-state index in [4.69, 9.17) is 0 Å². The van der Waals surface area contributed by atoms with Gasteiger partial charge in [0.1, 0.15) is 6.10 Å². The molecular weight excluding hydrogens is 230 g/mol. The molecule has 0 radical (unpaired) electrons. The molecule has 0 fully saturated rings. The second-order valence-electron chi connectivity index (χ2n) is 4.67. The van der Waals surface area contributed by atoms with Gasteiger partial charge in [-0.1, -0.05) is 50.1 Å². The summed E-state index contributed by atoms with van der Waals surface area (Å²) in [6.45, 7) is 1.72. The van der Waals surface area contributed by atoms with E-state index >= 15 is 0 Å². The molecule has 0 aliphatic heterocycles. The molecule has 100 valence electrons. The summed E-state index contributed by atoms with van der Waals surface area (Å²) in [6.07, 6.45) is 2.71. The van der Waals surface area contributed by atoms with Crippen molar-refractivity contribution in [1.29, 1.82) is 0 Å². The minimum absolute atomic E-state index is 0.0299.